The van der Waals surface area contributed by atoms with Crippen LogP contribution in [-0.2, 0) is 6.42 Å². The molecular weight excluding hydrogens is 295 g/mol. The van der Waals surface area contributed by atoms with Gasteiger partial charge in [0.2, 0.25) is 0 Å². The normalized spacial score (nSPS) is 22.1. The highest BCUT2D eigenvalue weighted by Gasteiger charge is 2.51. The summed E-state index contributed by atoms with van der Waals surface area (Å²) in [5.74, 6) is -2.10. The summed E-state index contributed by atoms with van der Waals surface area (Å²) in [5, 5.41) is 9.29. The number of rotatable bonds is 4. The van der Waals surface area contributed by atoms with Crippen molar-refractivity contribution < 1.29 is 23.1 Å². The third kappa shape index (κ3) is 3.43. The molecule has 0 spiro atoms. The Hall–Kier alpha value is -1.56. The number of hydrogen-bond donors (Lipinski definition) is 1. The molecule has 0 radical (unpaired) electrons. The van der Waals surface area contributed by atoms with Crippen LogP contribution in [-0.4, -0.2) is 41.3 Å². The molecule has 2 atom stereocenters. The molecule has 0 unspecified atom stereocenters. The Labute approximate surface area is 127 Å². The van der Waals surface area contributed by atoms with E-state index in [2.05, 4.69) is 0 Å². The second kappa shape index (κ2) is 6.69. The highest BCUT2D eigenvalue weighted by Crippen LogP contribution is 2.38. The monoisotopic (exact) mass is 315 g/mol. The van der Waals surface area contributed by atoms with Crippen LogP contribution in [0.3, 0.4) is 0 Å². The van der Waals surface area contributed by atoms with E-state index >= 15 is 0 Å². The van der Waals surface area contributed by atoms with Crippen LogP contribution < -0.4 is 0 Å². The minimum atomic E-state index is -4.40. The lowest BCUT2D eigenvalue weighted by molar-refractivity contribution is -0.181. The van der Waals surface area contributed by atoms with Crippen molar-refractivity contribution in [3.8, 4) is 0 Å². The smallest absolute Gasteiger partial charge is 0.393 e. The minimum absolute atomic E-state index is 0.0188. The van der Waals surface area contributed by atoms with Gasteiger partial charge in [-0.2, -0.15) is 13.2 Å². The average Bonchev–Trinajstić information content (AvgIpc) is 2.91. The molecule has 1 fully saturated rings. The van der Waals surface area contributed by atoms with Gasteiger partial charge in [0, 0.05) is 12.1 Å². The average molecular weight is 315 g/mol. The molecule has 1 saturated heterocycles. The number of nitrogens with zero attached hydrogens (tertiary/aromatic N) is 1. The molecule has 2 rings (SSSR count). The molecule has 0 saturated carbocycles. The molecule has 0 bridgehead atoms. The van der Waals surface area contributed by atoms with Crippen LogP contribution in [0.2, 0.25) is 0 Å². The third-order valence-corrected chi connectivity index (χ3v) is 4.15. The number of amides is 1. The lowest BCUT2D eigenvalue weighted by atomic mass is 10.00. The molecule has 1 aromatic rings. The number of aryl methyl sites for hydroxylation is 1. The van der Waals surface area contributed by atoms with E-state index in [1.165, 1.54) is 0 Å². The zero-order chi connectivity index (χ0) is 16.3. The van der Waals surface area contributed by atoms with Crippen molar-refractivity contribution in [1.29, 1.82) is 0 Å². The van der Waals surface area contributed by atoms with Gasteiger partial charge in [-0.05, 0) is 30.5 Å². The number of alkyl halides is 3. The summed E-state index contributed by atoms with van der Waals surface area (Å²) in [5.41, 5.74) is 1.45. The van der Waals surface area contributed by atoms with Gasteiger partial charge in [0.15, 0.2) is 0 Å². The molecule has 6 heteroatoms. The van der Waals surface area contributed by atoms with Gasteiger partial charge < -0.3 is 10.0 Å². The van der Waals surface area contributed by atoms with Gasteiger partial charge in [-0.25, -0.2) is 0 Å². The first kappa shape index (κ1) is 16.8. The van der Waals surface area contributed by atoms with Crippen LogP contribution >= 0.6 is 0 Å². The van der Waals surface area contributed by atoms with Gasteiger partial charge in [-0.15, -0.1) is 0 Å². The Kier molecular flexibility index (Phi) is 5.11. The summed E-state index contributed by atoms with van der Waals surface area (Å²) < 4.78 is 38.8. The van der Waals surface area contributed by atoms with E-state index in [1.54, 1.807) is 12.1 Å². The van der Waals surface area contributed by atoms with Crippen LogP contribution in [0.15, 0.2) is 24.3 Å². The molecule has 0 aliphatic carbocycles. The topological polar surface area (TPSA) is 40.5 Å². The van der Waals surface area contributed by atoms with Gasteiger partial charge in [-0.3, -0.25) is 4.79 Å². The van der Waals surface area contributed by atoms with E-state index < -0.39 is 30.7 Å². The Morgan fingerprint density at radius 3 is 2.45 bits per heavy atom. The first-order chi connectivity index (χ1) is 10.4. The van der Waals surface area contributed by atoms with E-state index in [4.69, 9.17) is 0 Å². The van der Waals surface area contributed by atoms with Gasteiger partial charge in [0.05, 0.1) is 18.6 Å². The minimum Gasteiger partial charge on any atom is -0.394 e. The Morgan fingerprint density at radius 2 is 1.95 bits per heavy atom. The van der Waals surface area contributed by atoms with Crippen LogP contribution in [0.1, 0.15) is 35.7 Å². The van der Waals surface area contributed by atoms with Crippen molar-refractivity contribution in [3.63, 3.8) is 0 Å². The van der Waals surface area contributed by atoms with E-state index in [1.807, 2.05) is 19.1 Å². The molecular formula is C16H20F3NO2. The van der Waals surface area contributed by atoms with Crippen molar-refractivity contribution in [2.75, 3.05) is 13.2 Å². The largest absolute Gasteiger partial charge is 0.394 e. The lowest BCUT2D eigenvalue weighted by Gasteiger charge is -2.27. The zero-order valence-electron chi connectivity index (χ0n) is 12.4. The number of carbonyl (C=O) groups is 1. The first-order valence-corrected chi connectivity index (χ1v) is 7.46. The second-order valence-electron chi connectivity index (χ2n) is 5.63. The van der Waals surface area contributed by atoms with Crippen molar-refractivity contribution >= 4 is 5.91 Å². The molecule has 1 aromatic carbocycles. The van der Waals surface area contributed by atoms with Crippen LogP contribution in [0.4, 0.5) is 13.2 Å². The lowest BCUT2D eigenvalue weighted by Crippen LogP contribution is -2.44. The fourth-order valence-electron chi connectivity index (χ4n) is 2.98. The predicted octanol–water partition coefficient (Wildman–Crippen LogP) is 3.02. The summed E-state index contributed by atoms with van der Waals surface area (Å²) in [6, 6.07) is 5.73. The fourth-order valence-corrected chi connectivity index (χ4v) is 2.98. The molecule has 122 valence electrons. The summed E-state index contributed by atoms with van der Waals surface area (Å²) in [7, 11) is 0. The second-order valence-corrected chi connectivity index (χ2v) is 5.63. The number of likely N-dealkylation sites (tertiary alicyclic amines) is 1. The molecule has 1 heterocycles. The van der Waals surface area contributed by atoms with Gasteiger partial charge in [0.25, 0.3) is 5.91 Å². The van der Waals surface area contributed by atoms with E-state index in [0.717, 1.165) is 23.3 Å². The summed E-state index contributed by atoms with van der Waals surface area (Å²) in [4.78, 5) is 13.6. The molecule has 1 N–H and O–H groups in total. The quantitative estimate of drug-likeness (QED) is 0.928. The SMILES string of the molecule is CCCc1ccc(C(=O)N2CC[C@@H](C(F)(F)F)[C@H]2CO)cc1. The third-order valence-electron chi connectivity index (χ3n) is 4.15. The Bertz CT molecular complexity index is 513. The number of carbonyl (C=O) groups excluding carboxylic acids is 1. The van der Waals surface area contributed by atoms with Crippen LogP contribution in [0.5, 0.6) is 0 Å². The summed E-state index contributed by atoms with van der Waals surface area (Å²) >= 11 is 0. The molecule has 0 aromatic heterocycles. The number of benzene rings is 1. The maximum atomic E-state index is 12.9. The predicted molar refractivity (Wildman–Crippen MR) is 76.5 cm³/mol. The van der Waals surface area contributed by atoms with Crippen molar-refractivity contribution in [2.45, 2.75) is 38.4 Å². The number of aliphatic hydroxyl groups is 1. The van der Waals surface area contributed by atoms with Crippen molar-refractivity contribution in [1.82, 2.24) is 4.90 Å². The maximum Gasteiger partial charge on any atom is 0.393 e. The molecule has 1 amide bonds. The Morgan fingerprint density at radius 1 is 1.32 bits per heavy atom. The molecule has 3 nitrogen and oxygen atoms in total. The molecule has 22 heavy (non-hydrogen) atoms. The highest BCUT2D eigenvalue weighted by molar-refractivity contribution is 5.94. The van der Waals surface area contributed by atoms with Gasteiger partial charge >= 0.3 is 6.18 Å². The van der Waals surface area contributed by atoms with Crippen LogP contribution in [0, 0.1) is 5.92 Å². The highest BCUT2D eigenvalue weighted by atomic mass is 19.4. The number of aliphatic hydroxyl groups excluding tert-OH is 1. The van der Waals surface area contributed by atoms with Crippen molar-refractivity contribution in [2.24, 2.45) is 5.92 Å². The van der Waals surface area contributed by atoms with Crippen molar-refractivity contribution in [3.05, 3.63) is 35.4 Å². The van der Waals surface area contributed by atoms with E-state index in [-0.39, 0.29) is 13.0 Å². The number of hydrogen-bond acceptors (Lipinski definition) is 2. The molecule has 1 aliphatic heterocycles. The van der Waals surface area contributed by atoms with Gasteiger partial charge in [-0.1, -0.05) is 25.5 Å². The van der Waals surface area contributed by atoms with Crippen LogP contribution in [0.25, 0.3) is 0 Å². The summed E-state index contributed by atoms with van der Waals surface area (Å²) in [6.07, 6.45) is -2.67. The van der Waals surface area contributed by atoms with Gasteiger partial charge in [0.1, 0.15) is 0 Å². The summed E-state index contributed by atoms with van der Waals surface area (Å²) in [6.45, 7) is 1.39. The maximum absolute atomic E-state index is 12.9. The standard InChI is InChI=1S/C16H20F3NO2/c1-2-3-11-4-6-12(7-5-11)15(22)20-9-8-13(14(20)10-21)16(17,18)19/h4-7,13-14,21H,2-3,8-10H2,1H3/t13-,14-/m1/s1. The van der Waals surface area contributed by atoms with E-state index in [0.29, 0.717) is 5.56 Å². The molecule has 1 aliphatic rings. The Balaban J connectivity index is 2.15. The number of halogens is 3. The van der Waals surface area contributed by atoms with E-state index in [9.17, 15) is 23.1 Å². The fraction of sp³-hybridized carbons (Fsp3) is 0.562. The zero-order valence-corrected chi connectivity index (χ0v) is 12.4. The first-order valence-electron chi connectivity index (χ1n) is 7.46.